The van der Waals surface area contributed by atoms with E-state index in [0.717, 1.165) is 23.3 Å². The zero-order chi connectivity index (χ0) is 23.5. The first-order valence-electron chi connectivity index (χ1n) is 10.7. The Labute approximate surface area is 189 Å². The first kappa shape index (κ1) is 22.4. The lowest BCUT2D eigenvalue weighted by molar-refractivity contribution is -0.125. The SMILES string of the molecule is CC(C)C(C(=O)NCc1ccc(Cn2ccccc2=O)cc1)n1cnc2cc(F)c(F)cc21. The number of nitrogens with zero attached hydrogens (tertiary/aromatic N) is 3. The normalized spacial score (nSPS) is 12.3. The summed E-state index contributed by atoms with van der Waals surface area (Å²) in [5.41, 5.74) is 2.46. The molecule has 1 unspecified atom stereocenters. The highest BCUT2D eigenvalue weighted by molar-refractivity contribution is 5.84. The van der Waals surface area contributed by atoms with Crippen molar-refractivity contribution in [1.82, 2.24) is 19.4 Å². The number of hydrogen-bond donors (Lipinski definition) is 1. The summed E-state index contributed by atoms with van der Waals surface area (Å²) in [4.78, 5) is 29.0. The van der Waals surface area contributed by atoms with Gasteiger partial charge in [0.1, 0.15) is 6.04 Å². The van der Waals surface area contributed by atoms with E-state index in [-0.39, 0.29) is 17.4 Å². The third kappa shape index (κ3) is 4.84. The quantitative estimate of drug-likeness (QED) is 0.462. The minimum Gasteiger partial charge on any atom is -0.350 e. The molecule has 0 aliphatic heterocycles. The second-order valence-electron chi connectivity index (χ2n) is 8.30. The van der Waals surface area contributed by atoms with Gasteiger partial charge in [0.15, 0.2) is 11.6 Å². The monoisotopic (exact) mass is 450 g/mol. The van der Waals surface area contributed by atoms with E-state index in [2.05, 4.69) is 10.3 Å². The Morgan fingerprint density at radius 3 is 2.42 bits per heavy atom. The molecule has 1 amide bonds. The minimum absolute atomic E-state index is 0.0665. The van der Waals surface area contributed by atoms with Gasteiger partial charge >= 0.3 is 0 Å². The summed E-state index contributed by atoms with van der Waals surface area (Å²) in [5, 5.41) is 2.93. The summed E-state index contributed by atoms with van der Waals surface area (Å²) in [6.45, 7) is 4.54. The van der Waals surface area contributed by atoms with Crippen LogP contribution in [-0.4, -0.2) is 20.0 Å². The molecule has 1 N–H and O–H groups in total. The smallest absolute Gasteiger partial charge is 0.250 e. The van der Waals surface area contributed by atoms with Crippen LogP contribution in [0.15, 0.2) is 71.9 Å². The van der Waals surface area contributed by atoms with Crippen LogP contribution in [0.25, 0.3) is 11.0 Å². The number of pyridine rings is 1. The predicted molar refractivity (Wildman–Crippen MR) is 122 cm³/mol. The Hall–Kier alpha value is -3.81. The number of carbonyl (C=O) groups is 1. The van der Waals surface area contributed by atoms with Gasteiger partial charge in [0.05, 0.1) is 23.9 Å². The van der Waals surface area contributed by atoms with E-state index in [9.17, 15) is 18.4 Å². The molecule has 4 rings (SSSR count). The number of fused-ring (bicyclic) bond motifs is 1. The number of halogens is 2. The standard InChI is InChI=1S/C25H24F2N4O2/c1-16(2)24(31-15-29-21-11-19(26)20(27)12-22(21)31)25(33)28-13-17-6-8-18(9-7-17)14-30-10-4-3-5-23(30)32/h3-12,15-16,24H,13-14H2,1-2H3,(H,28,33). The van der Waals surface area contributed by atoms with Gasteiger partial charge < -0.3 is 14.5 Å². The highest BCUT2D eigenvalue weighted by Gasteiger charge is 2.26. The largest absolute Gasteiger partial charge is 0.350 e. The molecule has 0 spiro atoms. The molecule has 8 heteroatoms. The highest BCUT2D eigenvalue weighted by Crippen LogP contribution is 2.25. The van der Waals surface area contributed by atoms with Crippen LogP contribution < -0.4 is 10.9 Å². The summed E-state index contributed by atoms with van der Waals surface area (Å²) < 4.78 is 30.5. The fraction of sp³-hybridized carbons (Fsp3) is 0.240. The first-order valence-corrected chi connectivity index (χ1v) is 10.7. The lowest BCUT2D eigenvalue weighted by Gasteiger charge is -2.22. The summed E-state index contributed by atoms with van der Waals surface area (Å²) in [6.07, 6.45) is 3.18. The Morgan fingerprint density at radius 1 is 1.03 bits per heavy atom. The fourth-order valence-corrected chi connectivity index (χ4v) is 3.84. The Balaban J connectivity index is 1.46. The zero-order valence-electron chi connectivity index (χ0n) is 18.3. The summed E-state index contributed by atoms with van der Waals surface area (Å²) >= 11 is 0. The maximum absolute atomic E-state index is 13.8. The van der Waals surface area contributed by atoms with Crippen LogP contribution in [0.1, 0.15) is 31.0 Å². The summed E-state index contributed by atoms with van der Waals surface area (Å²) in [5.74, 6) is -2.31. The van der Waals surface area contributed by atoms with Crippen LogP contribution in [0.2, 0.25) is 0 Å². The second-order valence-corrected chi connectivity index (χ2v) is 8.30. The van der Waals surface area contributed by atoms with Crippen LogP contribution in [0, 0.1) is 17.6 Å². The van der Waals surface area contributed by atoms with Crippen molar-refractivity contribution in [3.05, 3.63) is 100 Å². The lowest BCUT2D eigenvalue weighted by atomic mass is 10.0. The number of carbonyl (C=O) groups excluding carboxylic acids is 1. The molecule has 2 aromatic carbocycles. The topological polar surface area (TPSA) is 68.9 Å². The second kappa shape index (κ2) is 9.36. The first-order chi connectivity index (χ1) is 15.8. The van der Waals surface area contributed by atoms with Crippen molar-refractivity contribution >= 4 is 16.9 Å². The van der Waals surface area contributed by atoms with Gasteiger partial charge in [-0.2, -0.15) is 0 Å². The molecule has 0 saturated carbocycles. The van der Waals surface area contributed by atoms with E-state index >= 15 is 0 Å². The van der Waals surface area contributed by atoms with Crippen LogP contribution in [-0.2, 0) is 17.9 Å². The van der Waals surface area contributed by atoms with Crippen LogP contribution in [0.4, 0.5) is 8.78 Å². The average Bonchev–Trinajstić information content (AvgIpc) is 3.17. The molecule has 0 aliphatic rings. The Bertz CT molecular complexity index is 1340. The molecule has 0 saturated heterocycles. The summed E-state index contributed by atoms with van der Waals surface area (Å²) in [7, 11) is 0. The van der Waals surface area contributed by atoms with Gasteiger partial charge in [-0.15, -0.1) is 0 Å². The van der Waals surface area contributed by atoms with E-state index in [1.165, 1.54) is 12.4 Å². The van der Waals surface area contributed by atoms with Gasteiger partial charge in [0.2, 0.25) is 5.91 Å². The third-order valence-electron chi connectivity index (χ3n) is 5.56. The molecule has 4 aromatic rings. The minimum atomic E-state index is -0.981. The maximum atomic E-state index is 13.8. The lowest BCUT2D eigenvalue weighted by Crippen LogP contribution is -2.34. The molecular weight excluding hydrogens is 426 g/mol. The number of amides is 1. The van der Waals surface area contributed by atoms with E-state index in [1.54, 1.807) is 21.4 Å². The van der Waals surface area contributed by atoms with Crippen molar-refractivity contribution in [2.75, 3.05) is 0 Å². The molecule has 170 valence electrons. The molecule has 1 atom stereocenters. The van der Waals surface area contributed by atoms with Crippen molar-refractivity contribution in [2.45, 2.75) is 33.0 Å². The highest BCUT2D eigenvalue weighted by atomic mass is 19.2. The van der Waals surface area contributed by atoms with Crippen LogP contribution in [0.3, 0.4) is 0 Å². The molecule has 33 heavy (non-hydrogen) atoms. The van der Waals surface area contributed by atoms with Gasteiger partial charge in [-0.25, -0.2) is 13.8 Å². The number of benzene rings is 2. The van der Waals surface area contributed by atoms with Gasteiger partial charge in [-0.1, -0.05) is 44.2 Å². The molecule has 0 fully saturated rings. The number of hydrogen-bond acceptors (Lipinski definition) is 3. The molecular formula is C25H24F2N4O2. The molecule has 0 bridgehead atoms. The Kier molecular flexibility index (Phi) is 6.35. The van der Waals surface area contributed by atoms with E-state index < -0.39 is 17.7 Å². The molecule has 0 aliphatic carbocycles. The zero-order valence-corrected chi connectivity index (χ0v) is 18.3. The van der Waals surface area contributed by atoms with Crippen molar-refractivity contribution < 1.29 is 13.6 Å². The van der Waals surface area contributed by atoms with Crippen LogP contribution in [0.5, 0.6) is 0 Å². The van der Waals surface area contributed by atoms with E-state index in [4.69, 9.17) is 0 Å². The van der Waals surface area contributed by atoms with Gasteiger partial charge in [-0.05, 0) is 23.1 Å². The van der Waals surface area contributed by atoms with Crippen LogP contribution >= 0.6 is 0 Å². The van der Waals surface area contributed by atoms with E-state index in [1.807, 2.05) is 44.2 Å². The predicted octanol–water partition coefficient (Wildman–Crippen LogP) is 4.04. The van der Waals surface area contributed by atoms with Gasteiger partial charge in [-0.3, -0.25) is 9.59 Å². The molecule has 0 radical (unpaired) electrons. The summed E-state index contributed by atoms with van der Waals surface area (Å²) in [6, 6.07) is 14.1. The van der Waals surface area contributed by atoms with Crippen molar-refractivity contribution in [1.29, 1.82) is 0 Å². The van der Waals surface area contributed by atoms with Gasteiger partial charge in [0.25, 0.3) is 5.56 Å². The number of aromatic nitrogens is 3. The number of rotatable bonds is 7. The molecule has 2 heterocycles. The molecule has 6 nitrogen and oxygen atoms in total. The van der Waals surface area contributed by atoms with Crippen molar-refractivity contribution in [2.24, 2.45) is 5.92 Å². The van der Waals surface area contributed by atoms with Gasteiger partial charge in [0, 0.05) is 30.9 Å². The molecule has 2 aromatic heterocycles. The number of nitrogens with one attached hydrogen (secondary N) is 1. The fourth-order valence-electron chi connectivity index (χ4n) is 3.84. The van der Waals surface area contributed by atoms with E-state index in [0.29, 0.717) is 24.1 Å². The number of imidazole rings is 1. The van der Waals surface area contributed by atoms with Crippen molar-refractivity contribution in [3.63, 3.8) is 0 Å². The maximum Gasteiger partial charge on any atom is 0.250 e. The average molecular weight is 450 g/mol. The third-order valence-corrected chi connectivity index (χ3v) is 5.56. The van der Waals surface area contributed by atoms with Crippen molar-refractivity contribution in [3.8, 4) is 0 Å². The Morgan fingerprint density at radius 2 is 1.73 bits per heavy atom.